The van der Waals surface area contributed by atoms with Crippen LogP contribution in [0.25, 0.3) is 0 Å². The second kappa shape index (κ2) is 9.31. The number of rotatable bonds is 9. The molecule has 0 bridgehead atoms. The first-order chi connectivity index (χ1) is 12.8. The molecule has 0 aromatic carbocycles. The van der Waals surface area contributed by atoms with Gasteiger partial charge in [-0.3, -0.25) is 19.2 Å². The van der Waals surface area contributed by atoms with Crippen molar-refractivity contribution in [1.82, 2.24) is 10.6 Å². The topological polar surface area (TPSA) is 141 Å². The van der Waals surface area contributed by atoms with Crippen molar-refractivity contribution in [2.75, 3.05) is 6.61 Å². The molecule has 2 rings (SSSR count). The maximum atomic E-state index is 12.7. The number of hydrogen-bond acceptors (Lipinski definition) is 6. The van der Waals surface area contributed by atoms with Crippen LogP contribution >= 0.6 is 0 Å². The number of amides is 3. The fourth-order valence-corrected chi connectivity index (χ4v) is 2.79. The number of Topliss-reactive ketones (excluding diaryl/α,β-unsaturated/α-hetero) is 1. The zero-order valence-electron chi connectivity index (χ0n) is 15.4. The Kier molecular flexibility index (Phi) is 7.12. The number of primary amides is 1. The predicted octanol–water partition coefficient (Wildman–Crippen LogP) is 0.142. The van der Waals surface area contributed by atoms with E-state index in [9.17, 15) is 19.2 Å². The van der Waals surface area contributed by atoms with Gasteiger partial charge in [-0.2, -0.15) is 0 Å². The number of ether oxygens (including phenoxy) is 1. The highest BCUT2D eigenvalue weighted by Crippen LogP contribution is 2.15. The summed E-state index contributed by atoms with van der Waals surface area (Å²) in [5.41, 5.74) is 5.46. The van der Waals surface area contributed by atoms with Gasteiger partial charge in [-0.05, 0) is 24.8 Å². The summed E-state index contributed by atoms with van der Waals surface area (Å²) < 4.78 is 10.1. The molecule has 1 aromatic heterocycles. The number of ketones is 1. The van der Waals surface area contributed by atoms with Crippen LogP contribution in [0.1, 0.15) is 43.5 Å². The molecule has 1 fully saturated rings. The van der Waals surface area contributed by atoms with Gasteiger partial charge in [0, 0.05) is 0 Å². The minimum atomic E-state index is -0.961. The van der Waals surface area contributed by atoms with E-state index in [1.54, 1.807) is 0 Å². The molecule has 3 amide bonds. The van der Waals surface area contributed by atoms with Gasteiger partial charge in [-0.1, -0.05) is 13.8 Å². The highest BCUT2D eigenvalue weighted by Gasteiger charge is 2.39. The van der Waals surface area contributed by atoms with Gasteiger partial charge in [-0.15, -0.1) is 0 Å². The molecule has 0 aliphatic carbocycles. The van der Waals surface area contributed by atoms with E-state index in [0.717, 1.165) is 0 Å². The first kappa shape index (κ1) is 20.6. The second-order valence-electron chi connectivity index (χ2n) is 6.98. The van der Waals surface area contributed by atoms with Gasteiger partial charge >= 0.3 is 0 Å². The van der Waals surface area contributed by atoms with E-state index in [-0.39, 0.29) is 18.8 Å². The maximum absolute atomic E-state index is 12.7. The normalized spacial score (nSPS) is 20.5. The first-order valence-electron chi connectivity index (χ1n) is 8.84. The zero-order valence-corrected chi connectivity index (χ0v) is 15.4. The van der Waals surface area contributed by atoms with Gasteiger partial charge in [-0.25, -0.2) is 0 Å². The Morgan fingerprint density at radius 2 is 2.04 bits per heavy atom. The average Bonchev–Trinajstić information content (AvgIpc) is 3.23. The van der Waals surface area contributed by atoms with Crippen LogP contribution < -0.4 is 16.4 Å². The fourth-order valence-electron chi connectivity index (χ4n) is 2.79. The summed E-state index contributed by atoms with van der Waals surface area (Å²) in [6.07, 6.45) is 2.77. The summed E-state index contributed by atoms with van der Waals surface area (Å²) in [5, 5.41) is 5.26. The monoisotopic (exact) mass is 379 g/mol. The molecule has 0 radical (unpaired) electrons. The van der Waals surface area contributed by atoms with E-state index in [1.807, 2.05) is 13.8 Å². The Morgan fingerprint density at radius 3 is 2.63 bits per heavy atom. The number of nitrogens with two attached hydrogens (primary N) is 1. The fraction of sp³-hybridized carbons (Fsp3) is 0.556. The largest absolute Gasteiger partial charge is 0.472 e. The molecule has 1 aromatic rings. The summed E-state index contributed by atoms with van der Waals surface area (Å²) in [7, 11) is 0. The van der Waals surface area contributed by atoms with E-state index < -0.39 is 35.9 Å². The summed E-state index contributed by atoms with van der Waals surface area (Å²) in [4.78, 5) is 48.1. The molecule has 0 saturated carbocycles. The van der Waals surface area contributed by atoms with Crippen LogP contribution in [0.2, 0.25) is 0 Å². The predicted molar refractivity (Wildman–Crippen MR) is 94.5 cm³/mol. The van der Waals surface area contributed by atoms with Crippen molar-refractivity contribution in [3.8, 4) is 0 Å². The molecule has 2 heterocycles. The van der Waals surface area contributed by atoms with Gasteiger partial charge < -0.3 is 25.5 Å². The van der Waals surface area contributed by atoms with Crippen LogP contribution in [-0.4, -0.2) is 48.3 Å². The summed E-state index contributed by atoms with van der Waals surface area (Å²) in [6.45, 7) is 3.81. The summed E-state index contributed by atoms with van der Waals surface area (Å²) in [6, 6.07) is -0.306. The molecule has 1 saturated heterocycles. The van der Waals surface area contributed by atoms with Gasteiger partial charge in [0.05, 0.1) is 24.4 Å². The minimum Gasteiger partial charge on any atom is -0.472 e. The molecule has 148 valence electrons. The third kappa shape index (κ3) is 5.92. The Hall–Kier alpha value is -2.68. The quantitative estimate of drug-likeness (QED) is 0.557. The van der Waals surface area contributed by atoms with Crippen LogP contribution in [0.4, 0.5) is 0 Å². The average molecular weight is 379 g/mol. The number of carbonyl (C=O) groups excluding carboxylic acids is 4. The second-order valence-corrected chi connectivity index (χ2v) is 6.98. The summed E-state index contributed by atoms with van der Waals surface area (Å²) >= 11 is 0. The summed E-state index contributed by atoms with van der Waals surface area (Å²) in [5.74, 6) is -1.59. The number of nitrogens with one attached hydrogen (secondary N) is 2. The Balaban J connectivity index is 2.06. The molecular formula is C18H25N3O6. The molecule has 2 unspecified atom stereocenters. The third-order valence-corrected chi connectivity index (χ3v) is 4.30. The standard InChI is InChI=1S/C18H25N3O6/c1-10(2)3-4-12(20-17(24)11-5-6-26-8-11)18(25)21-16-13(22)9-27-14(16)7-15(19)23/h5-6,8,10,12,14,16H,3-4,7,9H2,1-2H3,(H2,19,23)(H,20,24)(H,21,25)/t12-,14?,16?/m0/s1. The molecule has 3 atom stereocenters. The zero-order chi connectivity index (χ0) is 20.0. The molecule has 1 aliphatic heterocycles. The van der Waals surface area contributed by atoms with Crippen LogP contribution in [-0.2, 0) is 19.1 Å². The van der Waals surface area contributed by atoms with Crippen molar-refractivity contribution < 1.29 is 28.3 Å². The van der Waals surface area contributed by atoms with Crippen molar-refractivity contribution in [2.24, 2.45) is 11.7 Å². The van der Waals surface area contributed by atoms with Gasteiger partial charge in [0.15, 0.2) is 5.78 Å². The van der Waals surface area contributed by atoms with Crippen molar-refractivity contribution in [1.29, 1.82) is 0 Å². The lowest BCUT2D eigenvalue weighted by molar-refractivity contribution is -0.128. The van der Waals surface area contributed by atoms with Crippen molar-refractivity contribution >= 4 is 23.5 Å². The molecule has 4 N–H and O–H groups in total. The molecule has 9 heteroatoms. The highest BCUT2D eigenvalue weighted by atomic mass is 16.5. The Bertz CT molecular complexity index is 685. The third-order valence-electron chi connectivity index (χ3n) is 4.30. The van der Waals surface area contributed by atoms with E-state index >= 15 is 0 Å². The Labute approximate surface area is 157 Å². The lowest BCUT2D eigenvalue weighted by Crippen LogP contribution is -2.53. The lowest BCUT2D eigenvalue weighted by atomic mass is 10.0. The van der Waals surface area contributed by atoms with Gasteiger partial charge in [0.25, 0.3) is 5.91 Å². The highest BCUT2D eigenvalue weighted by molar-refractivity contribution is 5.98. The first-order valence-corrected chi connectivity index (χ1v) is 8.84. The van der Waals surface area contributed by atoms with E-state index in [2.05, 4.69) is 10.6 Å². The molecule has 27 heavy (non-hydrogen) atoms. The van der Waals surface area contributed by atoms with Crippen molar-refractivity contribution in [2.45, 2.75) is 51.3 Å². The van der Waals surface area contributed by atoms with E-state index in [0.29, 0.717) is 24.3 Å². The number of carbonyl (C=O) groups is 4. The van der Waals surface area contributed by atoms with Crippen LogP contribution in [0, 0.1) is 5.92 Å². The smallest absolute Gasteiger partial charge is 0.255 e. The van der Waals surface area contributed by atoms with E-state index in [1.165, 1.54) is 18.6 Å². The number of hydrogen-bond donors (Lipinski definition) is 3. The van der Waals surface area contributed by atoms with E-state index in [4.69, 9.17) is 14.9 Å². The van der Waals surface area contributed by atoms with Crippen molar-refractivity contribution in [3.63, 3.8) is 0 Å². The van der Waals surface area contributed by atoms with Crippen LogP contribution in [0.3, 0.4) is 0 Å². The van der Waals surface area contributed by atoms with Gasteiger partial charge in [0.2, 0.25) is 11.8 Å². The molecule has 9 nitrogen and oxygen atoms in total. The molecule has 1 aliphatic rings. The maximum Gasteiger partial charge on any atom is 0.255 e. The lowest BCUT2D eigenvalue weighted by Gasteiger charge is -2.23. The number of furan rings is 1. The van der Waals surface area contributed by atoms with Crippen molar-refractivity contribution in [3.05, 3.63) is 24.2 Å². The van der Waals surface area contributed by atoms with Gasteiger partial charge in [0.1, 0.15) is 25.0 Å². The minimum absolute atomic E-state index is 0.172. The SMILES string of the molecule is CC(C)CC[C@H](NC(=O)c1ccoc1)C(=O)NC1C(=O)COC1CC(N)=O. The van der Waals surface area contributed by atoms with Crippen LogP contribution in [0.5, 0.6) is 0 Å². The van der Waals surface area contributed by atoms with Crippen LogP contribution in [0.15, 0.2) is 23.0 Å². The Morgan fingerprint density at radius 1 is 1.30 bits per heavy atom. The molecule has 0 spiro atoms. The molecular weight excluding hydrogens is 354 g/mol.